The van der Waals surface area contributed by atoms with Crippen LogP contribution in [0.3, 0.4) is 0 Å². The highest BCUT2D eigenvalue weighted by atomic mass is 15.2. The molecule has 2 unspecified atom stereocenters. The van der Waals surface area contributed by atoms with E-state index in [4.69, 9.17) is 0 Å². The average molecular weight is 308 g/mol. The summed E-state index contributed by atoms with van der Waals surface area (Å²) in [6, 6.07) is 13.4. The van der Waals surface area contributed by atoms with Gasteiger partial charge in [-0.2, -0.15) is 0 Å². The second kappa shape index (κ2) is 6.77. The van der Waals surface area contributed by atoms with Crippen LogP contribution in [0.2, 0.25) is 0 Å². The minimum atomic E-state index is 0.414. The van der Waals surface area contributed by atoms with E-state index in [1.807, 2.05) is 24.5 Å². The summed E-state index contributed by atoms with van der Waals surface area (Å²) >= 11 is 0. The molecule has 0 radical (unpaired) electrons. The number of nitrogens with zero attached hydrogens (tertiary/aromatic N) is 3. The molecule has 4 rings (SSSR count). The zero-order valence-corrected chi connectivity index (χ0v) is 13.4. The van der Waals surface area contributed by atoms with Gasteiger partial charge in [-0.05, 0) is 49.4 Å². The summed E-state index contributed by atoms with van der Waals surface area (Å²) in [5.74, 6) is 0.755. The van der Waals surface area contributed by atoms with Crippen LogP contribution >= 0.6 is 0 Å². The summed E-state index contributed by atoms with van der Waals surface area (Å²) < 4.78 is 0. The van der Waals surface area contributed by atoms with Crippen LogP contribution in [0.25, 0.3) is 0 Å². The molecule has 0 amide bonds. The number of rotatable bonds is 4. The highest BCUT2D eigenvalue weighted by Crippen LogP contribution is 2.41. The zero-order valence-electron chi connectivity index (χ0n) is 13.4. The smallest absolute Gasteiger partial charge is 0.0575 e. The van der Waals surface area contributed by atoms with Crippen molar-refractivity contribution in [2.45, 2.75) is 31.3 Å². The number of hydrogen-bond donors (Lipinski definition) is 1. The van der Waals surface area contributed by atoms with Crippen LogP contribution in [0.1, 0.15) is 42.7 Å². The van der Waals surface area contributed by atoms with E-state index in [2.05, 4.69) is 44.5 Å². The molecule has 2 aliphatic heterocycles. The molecule has 2 aromatic heterocycles. The van der Waals surface area contributed by atoms with Gasteiger partial charge in [0, 0.05) is 32.0 Å². The van der Waals surface area contributed by atoms with Crippen LogP contribution in [0, 0.1) is 5.92 Å². The molecule has 0 saturated carbocycles. The third-order valence-corrected chi connectivity index (χ3v) is 5.15. The number of nitrogens with one attached hydrogen (secondary N) is 1. The lowest BCUT2D eigenvalue weighted by atomic mass is 9.89. The molecule has 2 fully saturated rings. The molecule has 120 valence electrons. The van der Waals surface area contributed by atoms with Gasteiger partial charge in [0.25, 0.3) is 0 Å². The zero-order chi connectivity index (χ0) is 15.5. The first-order valence-electron chi connectivity index (χ1n) is 8.70. The molecule has 2 saturated heterocycles. The molecule has 1 N–H and O–H groups in total. The minimum Gasteiger partial charge on any atom is -0.316 e. The van der Waals surface area contributed by atoms with Gasteiger partial charge in [-0.15, -0.1) is 0 Å². The highest BCUT2D eigenvalue weighted by Gasteiger charge is 2.36. The molecule has 0 spiro atoms. The van der Waals surface area contributed by atoms with Crippen molar-refractivity contribution >= 4 is 0 Å². The molecule has 23 heavy (non-hydrogen) atoms. The van der Waals surface area contributed by atoms with Gasteiger partial charge in [0.1, 0.15) is 0 Å². The Morgan fingerprint density at radius 3 is 1.96 bits per heavy atom. The fraction of sp³-hybridized carbons (Fsp3) is 0.474. The van der Waals surface area contributed by atoms with Crippen molar-refractivity contribution < 1.29 is 0 Å². The first-order valence-corrected chi connectivity index (χ1v) is 8.70. The lowest BCUT2D eigenvalue weighted by Gasteiger charge is -2.45. The van der Waals surface area contributed by atoms with E-state index in [0.717, 1.165) is 25.6 Å². The van der Waals surface area contributed by atoms with Crippen molar-refractivity contribution in [1.82, 2.24) is 20.2 Å². The summed E-state index contributed by atoms with van der Waals surface area (Å²) in [7, 11) is 0. The van der Waals surface area contributed by atoms with Gasteiger partial charge in [-0.3, -0.25) is 14.9 Å². The third-order valence-electron chi connectivity index (χ3n) is 5.15. The molecule has 0 aliphatic carbocycles. The molecule has 4 heteroatoms. The van der Waals surface area contributed by atoms with Crippen LogP contribution in [0.5, 0.6) is 0 Å². The first kappa shape index (κ1) is 14.8. The maximum absolute atomic E-state index is 4.65. The predicted octanol–water partition coefficient (Wildman–Crippen LogP) is 2.96. The summed E-state index contributed by atoms with van der Waals surface area (Å²) in [4.78, 5) is 12.0. The quantitative estimate of drug-likeness (QED) is 0.943. The van der Waals surface area contributed by atoms with Crippen molar-refractivity contribution in [2.24, 2.45) is 5.92 Å². The van der Waals surface area contributed by atoms with E-state index < -0.39 is 0 Å². The van der Waals surface area contributed by atoms with Gasteiger partial charge in [0.2, 0.25) is 0 Å². The lowest BCUT2D eigenvalue weighted by molar-refractivity contribution is 0.0493. The molecule has 0 aromatic carbocycles. The number of likely N-dealkylation sites (tertiary alicyclic amines) is 1. The Kier molecular flexibility index (Phi) is 4.35. The Bertz CT molecular complexity index is 564. The Labute approximate surface area is 138 Å². The van der Waals surface area contributed by atoms with Crippen molar-refractivity contribution in [3.63, 3.8) is 0 Å². The fourth-order valence-electron chi connectivity index (χ4n) is 3.87. The van der Waals surface area contributed by atoms with Crippen molar-refractivity contribution in [2.75, 3.05) is 19.6 Å². The number of aromatic nitrogens is 2. The Balaban J connectivity index is 1.64. The molecule has 4 nitrogen and oxygen atoms in total. The van der Waals surface area contributed by atoms with E-state index in [1.165, 1.54) is 30.7 Å². The maximum Gasteiger partial charge on any atom is 0.0575 e. The third kappa shape index (κ3) is 3.14. The van der Waals surface area contributed by atoms with E-state index in [0.29, 0.717) is 12.1 Å². The fourth-order valence-corrected chi connectivity index (χ4v) is 3.87. The van der Waals surface area contributed by atoms with E-state index >= 15 is 0 Å². The molecule has 4 heterocycles. The van der Waals surface area contributed by atoms with Crippen molar-refractivity contribution in [3.05, 3.63) is 60.2 Å². The van der Waals surface area contributed by atoms with Gasteiger partial charge >= 0.3 is 0 Å². The van der Waals surface area contributed by atoms with E-state index in [-0.39, 0.29) is 0 Å². The molecular weight excluding hydrogens is 284 g/mol. The minimum absolute atomic E-state index is 0.414. The summed E-state index contributed by atoms with van der Waals surface area (Å²) in [5, 5.41) is 3.40. The number of hydrogen-bond acceptors (Lipinski definition) is 4. The van der Waals surface area contributed by atoms with Crippen LogP contribution < -0.4 is 5.32 Å². The molecule has 2 aromatic rings. The standard InChI is InChI=1S/C19H24N4/c1-3-10-21-16(6-1)18-8-5-9-19(17-7-2-4-11-22-17)23(18)14-15-12-20-13-15/h1-4,6-7,10-11,15,18-20H,5,8-9,12-14H2. The van der Waals surface area contributed by atoms with Gasteiger partial charge in [0.05, 0.1) is 23.5 Å². The Hall–Kier alpha value is -1.78. The van der Waals surface area contributed by atoms with Crippen LogP contribution in [0.4, 0.5) is 0 Å². The lowest BCUT2D eigenvalue weighted by Crippen LogP contribution is -2.50. The second-order valence-electron chi connectivity index (χ2n) is 6.69. The van der Waals surface area contributed by atoms with Crippen molar-refractivity contribution in [1.29, 1.82) is 0 Å². The average Bonchev–Trinajstić information content (AvgIpc) is 2.59. The highest BCUT2D eigenvalue weighted by molar-refractivity contribution is 5.15. The molecule has 0 bridgehead atoms. The van der Waals surface area contributed by atoms with E-state index in [9.17, 15) is 0 Å². The Morgan fingerprint density at radius 1 is 0.913 bits per heavy atom. The van der Waals surface area contributed by atoms with E-state index in [1.54, 1.807) is 0 Å². The number of pyridine rings is 2. The number of piperidine rings is 1. The van der Waals surface area contributed by atoms with Crippen LogP contribution in [-0.2, 0) is 0 Å². The normalized spacial score (nSPS) is 25.9. The monoisotopic (exact) mass is 308 g/mol. The van der Waals surface area contributed by atoms with Crippen LogP contribution in [0.15, 0.2) is 48.8 Å². The Morgan fingerprint density at radius 2 is 1.52 bits per heavy atom. The second-order valence-corrected chi connectivity index (χ2v) is 6.69. The summed E-state index contributed by atoms with van der Waals surface area (Å²) in [6.07, 6.45) is 7.47. The van der Waals surface area contributed by atoms with Gasteiger partial charge in [-0.1, -0.05) is 12.1 Å². The summed E-state index contributed by atoms with van der Waals surface area (Å²) in [6.45, 7) is 3.41. The first-order chi connectivity index (χ1) is 11.4. The molecule has 2 aliphatic rings. The predicted molar refractivity (Wildman–Crippen MR) is 90.9 cm³/mol. The topological polar surface area (TPSA) is 41.1 Å². The van der Waals surface area contributed by atoms with Gasteiger partial charge < -0.3 is 5.32 Å². The van der Waals surface area contributed by atoms with Gasteiger partial charge in [-0.25, -0.2) is 0 Å². The maximum atomic E-state index is 4.65. The van der Waals surface area contributed by atoms with Crippen molar-refractivity contribution in [3.8, 4) is 0 Å². The largest absolute Gasteiger partial charge is 0.316 e. The van der Waals surface area contributed by atoms with Crippen LogP contribution in [-0.4, -0.2) is 34.5 Å². The molecule has 2 atom stereocenters. The SMILES string of the molecule is c1ccc(C2CCCC(c3ccccn3)N2CC2CNC2)nc1. The van der Waals surface area contributed by atoms with Gasteiger partial charge in [0.15, 0.2) is 0 Å². The molecular formula is C19H24N4. The summed E-state index contributed by atoms with van der Waals surface area (Å²) in [5.41, 5.74) is 2.42.